The SMILES string of the molecule is Cc1nnn(Cc2cc(Cl)ccc2/C=C/C(=O)N2CCN(C(=O)O)CC2)n1. The summed E-state index contributed by atoms with van der Waals surface area (Å²) in [6.07, 6.45) is 2.25. The topological polar surface area (TPSA) is 104 Å². The first-order chi connectivity index (χ1) is 12.9. The number of rotatable bonds is 4. The molecule has 2 amide bonds. The van der Waals surface area contributed by atoms with Crippen LogP contribution in [0.3, 0.4) is 0 Å². The van der Waals surface area contributed by atoms with Crippen molar-refractivity contribution in [3.8, 4) is 0 Å². The summed E-state index contributed by atoms with van der Waals surface area (Å²) >= 11 is 6.09. The van der Waals surface area contributed by atoms with E-state index in [2.05, 4.69) is 15.4 Å². The molecule has 0 unspecified atom stereocenters. The quantitative estimate of drug-likeness (QED) is 0.793. The normalized spacial score (nSPS) is 14.7. The van der Waals surface area contributed by atoms with Crippen molar-refractivity contribution in [3.05, 3.63) is 46.2 Å². The van der Waals surface area contributed by atoms with Crippen LogP contribution in [-0.4, -0.2) is 73.3 Å². The van der Waals surface area contributed by atoms with E-state index in [1.807, 2.05) is 6.07 Å². The Balaban J connectivity index is 1.69. The van der Waals surface area contributed by atoms with E-state index < -0.39 is 6.09 Å². The standard InChI is InChI=1S/C17H19ClN6O3/c1-12-19-21-24(20-12)11-14-10-15(18)4-2-13(14)3-5-16(25)22-6-8-23(9-7-22)17(26)27/h2-5,10H,6-9,11H2,1H3,(H,26,27)/b5-3+. The number of carbonyl (C=O) groups is 2. The second kappa shape index (κ2) is 8.17. The van der Waals surface area contributed by atoms with Gasteiger partial charge in [-0.2, -0.15) is 4.80 Å². The average molecular weight is 391 g/mol. The fourth-order valence-electron chi connectivity index (χ4n) is 2.80. The molecule has 1 N–H and O–H groups in total. The van der Waals surface area contributed by atoms with Crippen molar-refractivity contribution in [3.63, 3.8) is 0 Å². The number of halogens is 1. The third-order valence-corrected chi connectivity index (χ3v) is 4.47. The molecular formula is C17H19ClN6O3. The Kier molecular flexibility index (Phi) is 5.70. The zero-order valence-corrected chi connectivity index (χ0v) is 15.5. The van der Waals surface area contributed by atoms with Gasteiger partial charge in [0.25, 0.3) is 0 Å². The Bertz CT molecular complexity index is 873. The molecule has 2 aromatic rings. The lowest BCUT2D eigenvalue weighted by Crippen LogP contribution is -2.49. The van der Waals surface area contributed by atoms with E-state index in [-0.39, 0.29) is 5.91 Å². The fourth-order valence-corrected chi connectivity index (χ4v) is 3.00. The number of aromatic nitrogens is 4. The number of hydrogen-bond acceptors (Lipinski definition) is 5. The number of tetrazole rings is 1. The Morgan fingerprint density at radius 1 is 1.22 bits per heavy atom. The van der Waals surface area contributed by atoms with Gasteiger partial charge in [-0.25, -0.2) is 4.79 Å². The lowest BCUT2D eigenvalue weighted by Gasteiger charge is -2.32. The van der Waals surface area contributed by atoms with Crippen LogP contribution in [-0.2, 0) is 11.3 Å². The van der Waals surface area contributed by atoms with Gasteiger partial charge in [0.1, 0.15) is 0 Å². The van der Waals surface area contributed by atoms with Gasteiger partial charge in [0, 0.05) is 37.3 Å². The Morgan fingerprint density at radius 3 is 2.56 bits per heavy atom. The van der Waals surface area contributed by atoms with Crippen LogP contribution in [0.15, 0.2) is 24.3 Å². The van der Waals surface area contributed by atoms with Gasteiger partial charge in [0.2, 0.25) is 5.91 Å². The first kappa shape index (κ1) is 18.8. The Labute approximate surface area is 160 Å². The number of piperazine rings is 1. The van der Waals surface area contributed by atoms with E-state index in [0.717, 1.165) is 11.1 Å². The highest BCUT2D eigenvalue weighted by molar-refractivity contribution is 6.30. The molecule has 0 aliphatic carbocycles. The van der Waals surface area contributed by atoms with Crippen LogP contribution in [0.25, 0.3) is 6.08 Å². The molecule has 10 heteroatoms. The first-order valence-corrected chi connectivity index (χ1v) is 8.78. The van der Waals surface area contributed by atoms with E-state index in [0.29, 0.717) is 43.6 Å². The molecule has 2 heterocycles. The summed E-state index contributed by atoms with van der Waals surface area (Å²) in [5.74, 6) is 0.417. The lowest BCUT2D eigenvalue weighted by atomic mass is 10.1. The summed E-state index contributed by atoms with van der Waals surface area (Å²) in [7, 11) is 0. The van der Waals surface area contributed by atoms with E-state index in [9.17, 15) is 9.59 Å². The molecule has 0 spiro atoms. The second-order valence-corrected chi connectivity index (χ2v) is 6.57. The van der Waals surface area contributed by atoms with Gasteiger partial charge in [-0.15, -0.1) is 10.2 Å². The fraction of sp³-hybridized carbons (Fsp3) is 0.353. The molecule has 27 heavy (non-hydrogen) atoms. The van der Waals surface area contributed by atoms with Gasteiger partial charge in [0.05, 0.1) is 6.54 Å². The molecule has 1 aliphatic heterocycles. The molecule has 1 aliphatic rings. The molecule has 1 aromatic carbocycles. The highest BCUT2D eigenvalue weighted by atomic mass is 35.5. The predicted octanol–water partition coefficient (Wildman–Crippen LogP) is 1.52. The number of carbonyl (C=O) groups excluding carboxylic acids is 1. The summed E-state index contributed by atoms with van der Waals surface area (Å²) in [6.45, 7) is 3.53. The zero-order valence-electron chi connectivity index (χ0n) is 14.7. The van der Waals surface area contributed by atoms with Crippen LogP contribution >= 0.6 is 11.6 Å². The molecule has 142 valence electrons. The van der Waals surface area contributed by atoms with Crippen molar-refractivity contribution in [2.45, 2.75) is 13.5 Å². The van der Waals surface area contributed by atoms with Crippen molar-refractivity contribution in [2.75, 3.05) is 26.2 Å². The lowest BCUT2D eigenvalue weighted by molar-refractivity contribution is -0.127. The van der Waals surface area contributed by atoms with Crippen LogP contribution in [0.5, 0.6) is 0 Å². The Hall–Kier alpha value is -2.94. The van der Waals surface area contributed by atoms with E-state index in [1.165, 1.54) is 15.8 Å². The number of aryl methyl sites for hydroxylation is 1. The van der Waals surface area contributed by atoms with Crippen LogP contribution in [0.2, 0.25) is 5.02 Å². The highest BCUT2D eigenvalue weighted by Gasteiger charge is 2.22. The minimum Gasteiger partial charge on any atom is -0.465 e. The first-order valence-electron chi connectivity index (χ1n) is 8.40. The molecule has 0 bridgehead atoms. The maximum Gasteiger partial charge on any atom is 0.407 e. The van der Waals surface area contributed by atoms with Crippen molar-refractivity contribution in [2.24, 2.45) is 0 Å². The van der Waals surface area contributed by atoms with Crippen LogP contribution < -0.4 is 0 Å². The average Bonchev–Trinajstić information content (AvgIpc) is 3.05. The summed E-state index contributed by atoms with van der Waals surface area (Å²) in [5.41, 5.74) is 1.69. The van der Waals surface area contributed by atoms with Gasteiger partial charge >= 0.3 is 6.09 Å². The minimum absolute atomic E-state index is 0.157. The third kappa shape index (κ3) is 4.82. The van der Waals surface area contributed by atoms with Gasteiger partial charge in [-0.05, 0) is 41.5 Å². The molecule has 9 nitrogen and oxygen atoms in total. The molecule has 0 saturated carbocycles. The zero-order chi connectivity index (χ0) is 19.4. The number of benzene rings is 1. The third-order valence-electron chi connectivity index (χ3n) is 4.24. The number of amides is 2. The molecule has 3 rings (SSSR count). The maximum atomic E-state index is 12.4. The van der Waals surface area contributed by atoms with Gasteiger partial charge < -0.3 is 14.9 Å². The van der Waals surface area contributed by atoms with Crippen LogP contribution in [0.1, 0.15) is 17.0 Å². The molecule has 0 radical (unpaired) electrons. The number of carboxylic acid groups (broad SMARTS) is 1. The molecule has 1 saturated heterocycles. The largest absolute Gasteiger partial charge is 0.465 e. The monoisotopic (exact) mass is 390 g/mol. The summed E-state index contributed by atoms with van der Waals surface area (Å²) in [6, 6.07) is 5.38. The van der Waals surface area contributed by atoms with Crippen molar-refractivity contribution in [1.82, 2.24) is 30.0 Å². The molecule has 0 atom stereocenters. The molecule has 1 fully saturated rings. The van der Waals surface area contributed by atoms with Crippen LogP contribution in [0, 0.1) is 6.92 Å². The highest BCUT2D eigenvalue weighted by Crippen LogP contribution is 2.18. The van der Waals surface area contributed by atoms with Crippen LogP contribution in [0.4, 0.5) is 4.79 Å². The van der Waals surface area contributed by atoms with E-state index >= 15 is 0 Å². The van der Waals surface area contributed by atoms with Crippen molar-refractivity contribution < 1.29 is 14.7 Å². The summed E-state index contributed by atoms with van der Waals surface area (Å²) in [4.78, 5) is 27.7. The molecular weight excluding hydrogens is 372 g/mol. The maximum absolute atomic E-state index is 12.4. The predicted molar refractivity (Wildman–Crippen MR) is 98.3 cm³/mol. The Morgan fingerprint density at radius 2 is 1.93 bits per heavy atom. The number of nitrogens with zero attached hydrogens (tertiary/aromatic N) is 6. The van der Waals surface area contributed by atoms with Gasteiger partial charge in [-0.3, -0.25) is 4.79 Å². The second-order valence-electron chi connectivity index (χ2n) is 6.14. The molecule has 1 aromatic heterocycles. The van der Waals surface area contributed by atoms with Crippen molar-refractivity contribution in [1.29, 1.82) is 0 Å². The number of hydrogen-bond donors (Lipinski definition) is 1. The smallest absolute Gasteiger partial charge is 0.407 e. The van der Waals surface area contributed by atoms with E-state index in [4.69, 9.17) is 16.7 Å². The van der Waals surface area contributed by atoms with Crippen molar-refractivity contribution >= 4 is 29.7 Å². The summed E-state index contributed by atoms with van der Waals surface area (Å²) < 4.78 is 0. The van der Waals surface area contributed by atoms with Gasteiger partial charge in [-0.1, -0.05) is 17.7 Å². The minimum atomic E-state index is -0.958. The summed E-state index contributed by atoms with van der Waals surface area (Å²) in [5, 5.41) is 21.5. The van der Waals surface area contributed by atoms with E-state index in [1.54, 1.807) is 30.0 Å². The van der Waals surface area contributed by atoms with Gasteiger partial charge in [0.15, 0.2) is 5.82 Å².